The quantitative estimate of drug-likeness (QED) is 0.804. The maximum absolute atomic E-state index is 5.93. The molecule has 3 nitrogen and oxygen atoms in total. The summed E-state index contributed by atoms with van der Waals surface area (Å²) >= 11 is 0. The van der Waals surface area contributed by atoms with Crippen molar-refractivity contribution in [3.8, 4) is 5.75 Å². The number of nitrogens with two attached hydrogens (primary N) is 1. The summed E-state index contributed by atoms with van der Waals surface area (Å²) in [5, 5.41) is 3.36. The fourth-order valence-corrected chi connectivity index (χ4v) is 1.89. The second kappa shape index (κ2) is 6.14. The zero-order chi connectivity index (χ0) is 13.7. The third-order valence-corrected chi connectivity index (χ3v) is 2.93. The van der Waals surface area contributed by atoms with Crippen LogP contribution in [0.25, 0.3) is 0 Å². The lowest BCUT2D eigenvalue weighted by Crippen LogP contribution is -2.02. The number of anilines is 2. The molecule has 0 unspecified atom stereocenters. The van der Waals surface area contributed by atoms with Crippen LogP contribution in [0.5, 0.6) is 5.75 Å². The number of nitrogens with one attached hydrogen (secondary N) is 1. The molecule has 2 aromatic rings. The van der Waals surface area contributed by atoms with E-state index in [-0.39, 0.29) is 0 Å². The molecule has 0 aliphatic heterocycles. The maximum atomic E-state index is 5.93. The van der Waals surface area contributed by atoms with Gasteiger partial charge in [-0.05, 0) is 49.2 Å². The van der Waals surface area contributed by atoms with Crippen LogP contribution in [0.3, 0.4) is 0 Å². The topological polar surface area (TPSA) is 47.3 Å². The summed E-state index contributed by atoms with van der Waals surface area (Å²) in [5.74, 6) is 0.904. The Morgan fingerprint density at radius 1 is 1.11 bits per heavy atom. The van der Waals surface area contributed by atoms with Gasteiger partial charge in [0.1, 0.15) is 5.75 Å². The van der Waals surface area contributed by atoms with Crippen LogP contribution in [0.1, 0.15) is 18.1 Å². The summed E-state index contributed by atoms with van der Waals surface area (Å²) in [6.07, 6.45) is 0. The molecule has 0 amide bonds. The minimum absolute atomic E-state index is 0.692. The number of benzene rings is 2. The normalized spacial score (nSPS) is 10.2. The summed E-state index contributed by atoms with van der Waals surface area (Å²) in [6, 6.07) is 14.1. The van der Waals surface area contributed by atoms with Crippen molar-refractivity contribution in [2.24, 2.45) is 0 Å². The Morgan fingerprint density at radius 2 is 1.84 bits per heavy atom. The molecule has 0 saturated heterocycles. The highest BCUT2D eigenvalue weighted by Gasteiger charge is 2.00. The van der Waals surface area contributed by atoms with Gasteiger partial charge in [0.15, 0.2) is 0 Å². The molecular formula is C16H20N2O. The van der Waals surface area contributed by atoms with Crippen molar-refractivity contribution >= 4 is 11.4 Å². The van der Waals surface area contributed by atoms with Crippen LogP contribution >= 0.6 is 0 Å². The van der Waals surface area contributed by atoms with E-state index in [0.29, 0.717) is 6.61 Å². The molecule has 0 heterocycles. The number of aryl methyl sites for hydroxylation is 1. The first kappa shape index (κ1) is 13.3. The third-order valence-electron chi connectivity index (χ3n) is 2.93. The van der Waals surface area contributed by atoms with Gasteiger partial charge in [-0.1, -0.05) is 18.2 Å². The van der Waals surface area contributed by atoms with E-state index in [0.717, 1.165) is 23.7 Å². The maximum Gasteiger partial charge on any atom is 0.119 e. The minimum atomic E-state index is 0.692. The van der Waals surface area contributed by atoms with E-state index in [1.54, 1.807) is 0 Å². The van der Waals surface area contributed by atoms with E-state index in [4.69, 9.17) is 10.5 Å². The van der Waals surface area contributed by atoms with Crippen LogP contribution in [-0.2, 0) is 6.54 Å². The van der Waals surface area contributed by atoms with E-state index in [2.05, 4.69) is 30.4 Å². The number of nitrogen functional groups attached to an aromatic ring is 1. The van der Waals surface area contributed by atoms with Crippen LogP contribution in [-0.4, -0.2) is 6.61 Å². The Balaban J connectivity index is 2.00. The molecule has 0 spiro atoms. The lowest BCUT2D eigenvalue weighted by molar-refractivity contribution is 0.340. The summed E-state index contributed by atoms with van der Waals surface area (Å²) in [7, 11) is 0. The first-order valence-corrected chi connectivity index (χ1v) is 6.51. The van der Waals surface area contributed by atoms with Crippen molar-refractivity contribution in [1.29, 1.82) is 0 Å². The lowest BCUT2D eigenvalue weighted by Gasteiger charge is -2.11. The van der Waals surface area contributed by atoms with Gasteiger partial charge in [-0.3, -0.25) is 0 Å². The molecule has 0 aliphatic rings. The number of hydrogen-bond acceptors (Lipinski definition) is 3. The summed E-state index contributed by atoms with van der Waals surface area (Å²) in [4.78, 5) is 0. The van der Waals surface area contributed by atoms with Gasteiger partial charge in [-0.15, -0.1) is 0 Å². The van der Waals surface area contributed by atoms with Gasteiger partial charge in [0.25, 0.3) is 0 Å². The molecule has 0 saturated carbocycles. The summed E-state index contributed by atoms with van der Waals surface area (Å²) < 4.78 is 5.42. The molecule has 19 heavy (non-hydrogen) atoms. The predicted octanol–water partition coefficient (Wildman–Crippen LogP) is 3.59. The molecule has 3 heteroatoms. The summed E-state index contributed by atoms with van der Waals surface area (Å²) in [6.45, 7) is 5.48. The molecule has 0 fully saturated rings. The highest BCUT2D eigenvalue weighted by Crippen LogP contribution is 2.21. The van der Waals surface area contributed by atoms with Crippen molar-refractivity contribution in [3.05, 3.63) is 53.6 Å². The Kier molecular flexibility index (Phi) is 4.29. The first-order chi connectivity index (χ1) is 9.19. The van der Waals surface area contributed by atoms with Gasteiger partial charge in [-0.25, -0.2) is 0 Å². The van der Waals surface area contributed by atoms with Crippen molar-refractivity contribution in [1.82, 2.24) is 0 Å². The molecule has 3 N–H and O–H groups in total. The van der Waals surface area contributed by atoms with Gasteiger partial charge in [0.05, 0.1) is 18.0 Å². The van der Waals surface area contributed by atoms with Crippen molar-refractivity contribution in [2.45, 2.75) is 20.4 Å². The third kappa shape index (κ3) is 3.65. The average molecular weight is 256 g/mol. The Bertz CT molecular complexity index is 535. The SMILES string of the molecule is CCOc1ccc(CNc2cc(C)ccc2N)cc1. The van der Waals surface area contributed by atoms with E-state index >= 15 is 0 Å². The fourth-order valence-electron chi connectivity index (χ4n) is 1.89. The summed E-state index contributed by atoms with van der Waals surface area (Å²) in [5.41, 5.74) is 10.1. The van der Waals surface area contributed by atoms with E-state index in [9.17, 15) is 0 Å². The average Bonchev–Trinajstić information content (AvgIpc) is 2.42. The van der Waals surface area contributed by atoms with E-state index in [1.165, 1.54) is 11.1 Å². The van der Waals surface area contributed by atoms with Crippen LogP contribution in [0.2, 0.25) is 0 Å². The van der Waals surface area contributed by atoms with Gasteiger partial charge in [0.2, 0.25) is 0 Å². The standard InChI is InChI=1S/C16H20N2O/c1-3-19-14-7-5-13(6-8-14)11-18-16-10-12(2)4-9-15(16)17/h4-10,18H,3,11,17H2,1-2H3. The van der Waals surface area contributed by atoms with Crippen LogP contribution in [0.4, 0.5) is 11.4 Å². The molecule has 0 aliphatic carbocycles. The fraction of sp³-hybridized carbons (Fsp3) is 0.250. The van der Waals surface area contributed by atoms with Crippen LogP contribution in [0, 0.1) is 6.92 Å². The number of hydrogen-bond donors (Lipinski definition) is 2. The number of ether oxygens (including phenoxy) is 1. The van der Waals surface area contributed by atoms with Crippen LogP contribution < -0.4 is 15.8 Å². The predicted molar refractivity (Wildman–Crippen MR) is 80.5 cm³/mol. The monoisotopic (exact) mass is 256 g/mol. The highest BCUT2D eigenvalue weighted by atomic mass is 16.5. The van der Waals surface area contributed by atoms with E-state index in [1.807, 2.05) is 31.2 Å². The van der Waals surface area contributed by atoms with Gasteiger partial charge in [-0.2, -0.15) is 0 Å². The molecule has 0 atom stereocenters. The largest absolute Gasteiger partial charge is 0.494 e. The number of rotatable bonds is 5. The molecule has 0 bridgehead atoms. The second-order valence-corrected chi connectivity index (χ2v) is 4.52. The Labute approximate surface area is 114 Å². The first-order valence-electron chi connectivity index (χ1n) is 6.51. The molecule has 0 aromatic heterocycles. The highest BCUT2D eigenvalue weighted by molar-refractivity contribution is 5.67. The van der Waals surface area contributed by atoms with E-state index < -0.39 is 0 Å². The molecule has 2 rings (SSSR count). The molecule has 0 radical (unpaired) electrons. The van der Waals surface area contributed by atoms with Gasteiger partial charge >= 0.3 is 0 Å². The lowest BCUT2D eigenvalue weighted by atomic mass is 10.1. The zero-order valence-electron chi connectivity index (χ0n) is 11.4. The molecular weight excluding hydrogens is 236 g/mol. The van der Waals surface area contributed by atoms with Crippen molar-refractivity contribution < 1.29 is 4.74 Å². The Morgan fingerprint density at radius 3 is 2.53 bits per heavy atom. The van der Waals surface area contributed by atoms with Crippen molar-refractivity contribution in [3.63, 3.8) is 0 Å². The molecule has 2 aromatic carbocycles. The smallest absolute Gasteiger partial charge is 0.119 e. The van der Waals surface area contributed by atoms with Crippen LogP contribution in [0.15, 0.2) is 42.5 Å². The Hall–Kier alpha value is -2.16. The van der Waals surface area contributed by atoms with Gasteiger partial charge in [0, 0.05) is 6.54 Å². The minimum Gasteiger partial charge on any atom is -0.494 e. The van der Waals surface area contributed by atoms with Gasteiger partial charge < -0.3 is 15.8 Å². The van der Waals surface area contributed by atoms with Crippen molar-refractivity contribution in [2.75, 3.05) is 17.7 Å². The molecule has 100 valence electrons. The second-order valence-electron chi connectivity index (χ2n) is 4.52. The zero-order valence-corrected chi connectivity index (χ0v) is 11.4.